The van der Waals surface area contributed by atoms with Gasteiger partial charge in [-0.15, -0.1) is 0 Å². The predicted molar refractivity (Wildman–Crippen MR) is 130 cm³/mol. The number of hydrogen-bond acceptors (Lipinski definition) is 6. The first-order valence-corrected chi connectivity index (χ1v) is 12.2. The average molecular weight is 463 g/mol. The molecule has 1 amide bonds. The van der Waals surface area contributed by atoms with Crippen molar-refractivity contribution < 1.29 is 14.6 Å². The zero-order valence-electron chi connectivity index (χ0n) is 19.1. The number of H-pyrrole nitrogens is 1. The number of nitrogens with zero attached hydrogens (tertiary/aromatic N) is 4. The molecule has 4 heterocycles. The van der Waals surface area contributed by atoms with Crippen molar-refractivity contribution in [1.82, 2.24) is 20.3 Å². The van der Waals surface area contributed by atoms with E-state index in [0.717, 1.165) is 79.1 Å². The zero-order valence-corrected chi connectivity index (χ0v) is 19.1. The Labute approximate surface area is 198 Å². The summed E-state index contributed by atoms with van der Waals surface area (Å²) in [7, 11) is 0. The van der Waals surface area contributed by atoms with E-state index in [1.54, 1.807) is 0 Å². The molecule has 3 aliphatic rings. The number of amides is 1. The van der Waals surface area contributed by atoms with Gasteiger partial charge < -0.3 is 29.9 Å². The van der Waals surface area contributed by atoms with Crippen molar-refractivity contribution in [2.45, 2.75) is 37.8 Å². The van der Waals surface area contributed by atoms with Crippen LogP contribution in [0.1, 0.15) is 25.7 Å². The maximum absolute atomic E-state index is 11.0. The molecule has 1 saturated heterocycles. The molecule has 3 N–H and O–H groups in total. The molecule has 178 valence electrons. The monoisotopic (exact) mass is 462 g/mol. The van der Waals surface area contributed by atoms with E-state index < -0.39 is 6.09 Å². The van der Waals surface area contributed by atoms with Gasteiger partial charge in [0.2, 0.25) is 0 Å². The molecule has 0 bridgehead atoms. The molecular weight excluding hydrogens is 432 g/mol. The third-order valence-corrected chi connectivity index (χ3v) is 7.51. The Kier molecular flexibility index (Phi) is 5.49. The average Bonchev–Trinajstić information content (AvgIpc) is 3.34. The summed E-state index contributed by atoms with van der Waals surface area (Å²) in [6.45, 7) is 4.09. The lowest BCUT2D eigenvalue weighted by molar-refractivity contribution is 0.0932. The number of carboxylic acid groups (broad SMARTS) is 1. The van der Waals surface area contributed by atoms with Gasteiger partial charge in [-0.2, -0.15) is 0 Å². The quantitative estimate of drug-likeness (QED) is 0.545. The summed E-state index contributed by atoms with van der Waals surface area (Å²) in [6, 6.07) is 8.61. The van der Waals surface area contributed by atoms with Crippen LogP contribution < -0.4 is 15.1 Å². The minimum Gasteiger partial charge on any atom is -0.465 e. The van der Waals surface area contributed by atoms with Crippen LogP contribution in [0.15, 0.2) is 36.7 Å². The molecule has 1 unspecified atom stereocenters. The van der Waals surface area contributed by atoms with E-state index in [-0.39, 0.29) is 12.1 Å². The van der Waals surface area contributed by atoms with Gasteiger partial charge in [-0.3, -0.25) is 0 Å². The highest BCUT2D eigenvalue weighted by Gasteiger charge is 2.36. The number of carbonyl (C=O) groups is 1. The number of aromatic nitrogens is 3. The van der Waals surface area contributed by atoms with Crippen molar-refractivity contribution in [3.63, 3.8) is 0 Å². The maximum atomic E-state index is 11.0. The molecule has 2 aliphatic heterocycles. The Bertz CT molecular complexity index is 1190. The highest BCUT2D eigenvalue weighted by molar-refractivity contribution is 5.93. The number of fused-ring (bicyclic) bond motifs is 4. The van der Waals surface area contributed by atoms with Gasteiger partial charge in [0.15, 0.2) is 11.6 Å². The van der Waals surface area contributed by atoms with Crippen LogP contribution in [0.2, 0.25) is 0 Å². The van der Waals surface area contributed by atoms with Gasteiger partial charge in [0.05, 0.1) is 31.1 Å². The van der Waals surface area contributed by atoms with E-state index in [9.17, 15) is 4.79 Å². The topological polar surface area (TPSA) is 107 Å². The largest absolute Gasteiger partial charge is 0.465 e. The Morgan fingerprint density at radius 2 is 2.12 bits per heavy atom. The summed E-state index contributed by atoms with van der Waals surface area (Å²) < 4.78 is 5.83. The molecule has 1 saturated carbocycles. The number of benzene rings is 1. The standard InChI is InChI=1S/C25H30N6O3/c32-25(33)28-17-6-4-16(5-7-17)13-30-14-18-15-34-11-10-31(18)24-22(30)12-27-23(29-24)20-2-1-3-21-19(20)8-9-26-21/h1-3,8-9,12,16-18,26,28H,4-7,10-11,13-15H2,(H,32,33). The predicted octanol–water partition coefficient (Wildman–Crippen LogP) is 3.48. The molecule has 0 radical (unpaired) electrons. The first kappa shape index (κ1) is 21.2. The minimum atomic E-state index is -0.922. The van der Waals surface area contributed by atoms with Gasteiger partial charge in [-0.25, -0.2) is 14.8 Å². The molecule has 0 spiro atoms. The molecule has 1 aromatic carbocycles. The fourth-order valence-corrected chi connectivity index (χ4v) is 5.80. The highest BCUT2D eigenvalue weighted by atomic mass is 16.5. The molecule has 2 aromatic heterocycles. The molecule has 34 heavy (non-hydrogen) atoms. The number of aromatic amines is 1. The molecule has 6 rings (SSSR count). The third kappa shape index (κ3) is 3.94. The first-order valence-electron chi connectivity index (χ1n) is 12.2. The summed E-state index contributed by atoms with van der Waals surface area (Å²) >= 11 is 0. The normalized spacial score (nSPS) is 24.5. The Hall–Kier alpha value is -3.33. The lowest BCUT2D eigenvalue weighted by Gasteiger charge is -2.46. The second-order valence-corrected chi connectivity index (χ2v) is 9.64. The van der Waals surface area contributed by atoms with Crippen LogP contribution in [0.5, 0.6) is 0 Å². The van der Waals surface area contributed by atoms with E-state index in [0.29, 0.717) is 19.1 Å². The third-order valence-electron chi connectivity index (χ3n) is 7.51. The van der Waals surface area contributed by atoms with E-state index in [1.165, 1.54) is 0 Å². The first-order chi connectivity index (χ1) is 16.7. The van der Waals surface area contributed by atoms with Gasteiger partial charge in [0.25, 0.3) is 0 Å². The van der Waals surface area contributed by atoms with Gasteiger partial charge >= 0.3 is 6.09 Å². The molecule has 9 nitrogen and oxygen atoms in total. The van der Waals surface area contributed by atoms with E-state index in [2.05, 4.69) is 38.3 Å². The van der Waals surface area contributed by atoms with Crippen LogP contribution in [0.3, 0.4) is 0 Å². The lowest BCUT2D eigenvalue weighted by Crippen LogP contribution is -2.56. The van der Waals surface area contributed by atoms with Crippen molar-refractivity contribution in [1.29, 1.82) is 0 Å². The minimum absolute atomic E-state index is 0.0756. The number of nitrogens with one attached hydrogen (secondary N) is 2. The Balaban J connectivity index is 1.28. The Morgan fingerprint density at radius 1 is 1.24 bits per heavy atom. The fourth-order valence-electron chi connectivity index (χ4n) is 5.80. The second kappa shape index (κ2) is 8.79. The number of ether oxygens (including phenoxy) is 1. The number of anilines is 2. The van der Waals surface area contributed by atoms with Crippen LogP contribution in [0, 0.1) is 5.92 Å². The maximum Gasteiger partial charge on any atom is 0.404 e. The summed E-state index contributed by atoms with van der Waals surface area (Å²) in [5.41, 5.74) is 3.21. The van der Waals surface area contributed by atoms with Crippen molar-refractivity contribution in [2.75, 3.05) is 42.6 Å². The number of morpholine rings is 1. The molecule has 1 atom stereocenters. The van der Waals surface area contributed by atoms with Crippen LogP contribution in [-0.2, 0) is 4.74 Å². The number of hydrogen-bond donors (Lipinski definition) is 3. The smallest absolute Gasteiger partial charge is 0.404 e. The van der Waals surface area contributed by atoms with Crippen molar-refractivity contribution in [3.8, 4) is 11.4 Å². The lowest BCUT2D eigenvalue weighted by atomic mass is 9.85. The molecule has 9 heteroatoms. The summed E-state index contributed by atoms with van der Waals surface area (Å²) in [5.74, 6) is 2.28. The summed E-state index contributed by atoms with van der Waals surface area (Å²) in [4.78, 5) is 29.0. The van der Waals surface area contributed by atoms with Crippen LogP contribution in [0.4, 0.5) is 16.3 Å². The highest BCUT2D eigenvalue weighted by Crippen LogP contribution is 2.38. The SMILES string of the molecule is O=C(O)NC1CCC(CN2CC3COCCN3c3nc(-c4cccc5[nH]ccc45)ncc32)CC1. The summed E-state index contributed by atoms with van der Waals surface area (Å²) in [5, 5.41) is 12.8. The molecule has 3 aromatic rings. The van der Waals surface area contributed by atoms with Crippen molar-refractivity contribution in [2.24, 2.45) is 5.92 Å². The second-order valence-electron chi connectivity index (χ2n) is 9.64. The number of rotatable bonds is 4. The van der Waals surface area contributed by atoms with Crippen LogP contribution in [0.25, 0.3) is 22.3 Å². The van der Waals surface area contributed by atoms with E-state index in [4.69, 9.17) is 19.8 Å². The zero-order chi connectivity index (χ0) is 23.1. The van der Waals surface area contributed by atoms with Crippen LogP contribution in [-0.4, -0.2) is 71.1 Å². The fraction of sp³-hybridized carbons (Fsp3) is 0.480. The van der Waals surface area contributed by atoms with E-state index in [1.807, 2.05) is 18.5 Å². The Morgan fingerprint density at radius 3 is 2.97 bits per heavy atom. The van der Waals surface area contributed by atoms with Gasteiger partial charge in [-0.05, 0) is 43.7 Å². The van der Waals surface area contributed by atoms with E-state index >= 15 is 0 Å². The molecular formula is C25H30N6O3. The van der Waals surface area contributed by atoms with Crippen LogP contribution >= 0.6 is 0 Å². The summed E-state index contributed by atoms with van der Waals surface area (Å²) in [6.07, 6.45) is 6.86. The van der Waals surface area contributed by atoms with Gasteiger partial charge in [0.1, 0.15) is 0 Å². The molecule has 2 fully saturated rings. The van der Waals surface area contributed by atoms with Gasteiger partial charge in [-0.1, -0.05) is 12.1 Å². The van der Waals surface area contributed by atoms with Gasteiger partial charge in [0, 0.05) is 48.3 Å². The van der Waals surface area contributed by atoms with Crippen molar-refractivity contribution >= 4 is 28.5 Å². The molecule has 1 aliphatic carbocycles. The van der Waals surface area contributed by atoms with Crippen molar-refractivity contribution in [3.05, 3.63) is 36.7 Å².